The van der Waals surface area contributed by atoms with Crippen LogP contribution >= 0.6 is 22.6 Å². The lowest BCUT2D eigenvalue weighted by molar-refractivity contribution is 0.776. The van der Waals surface area contributed by atoms with Crippen LogP contribution in [-0.2, 0) is 6.42 Å². The lowest BCUT2D eigenvalue weighted by Gasteiger charge is -2.15. The number of hydrogen-bond donors (Lipinski definition) is 1. The van der Waals surface area contributed by atoms with Gasteiger partial charge in [0.15, 0.2) is 0 Å². The van der Waals surface area contributed by atoms with E-state index in [-0.39, 0.29) is 0 Å². The molecule has 4 rings (SSSR count). The smallest absolute Gasteiger partial charge is 0.133 e. The molecule has 1 aliphatic heterocycles. The number of benzene rings is 2. The molecule has 0 spiro atoms. The fourth-order valence-electron chi connectivity index (χ4n) is 3.71. The van der Waals surface area contributed by atoms with Crippen molar-refractivity contribution in [2.24, 2.45) is 0 Å². The Kier molecular flexibility index (Phi) is 5.02. The minimum absolute atomic E-state index is 0.456. The van der Waals surface area contributed by atoms with Gasteiger partial charge in [-0.15, -0.1) is 0 Å². The van der Waals surface area contributed by atoms with Gasteiger partial charge in [-0.3, -0.25) is 0 Å². The van der Waals surface area contributed by atoms with Gasteiger partial charge in [-0.05, 0) is 71.5 Å². The van der Waals surface area contributed by atoms with Crippen LogP contribution in [0, 0.1) is 3.57 Å². The number of anilines is 1. The van der Waals surface area contributed by atoms with Gasteiger partial charge in [-0.2, -0.15) is 5.10 Å². The quantitative estimate of drug-likeness (QED) is 0.488. The number of para-hydroxylation sites is 1. The van der Waals surface area contributed by atoms with Crippen LogP contribution in [0.2, 0.25) is 0 Å². The fraction of sp³-hybridized carbons (Fsp3) is 0.318. The van der Waals surface area contributed by atoms with E-state index >= 15 is 0 Å². The van der Waals surface area contributed by atoms with E-state index in [0.29, 0.717) is 5.92 Å². The molecule has 26 heavy (non-hydrogen) atoms. The molecule has 2 aromatic carbocycles. The Hall–Kier alpha value is -1.82. The number of nitrogens with zero attached hydrogens (tertiary/aromatic N) is 2. The summed E-state index contributed by atoms with van der Waals surface area (Å²) in [6.07, 6.45) is 3.48. The highest BCUT2D eigenvalue weighted by molar-refractivity contribution is 14.1. The zero-order chi connectivity index (χ0) is 18.1. The molecule has 1 aromatic heterocycles. The molecule has 0 aliphatic carbocycles. The highest BCUT2D eigenvalue weighted by atomic mass is 127. The second-order valence-corrected chi connectivity index (χ2v) is 8.44. The first-order chi connectivity index (χ1) is 12.6. The van der Waals surface area contributed by atoms with Crippen LogP contribution in [0.5, 0.6) is 0 Å². The number of rotatable bonds is 3. The molecule has 1 N–H and O–H groups in total. The minimum atomic E-state index is 0.456. The Morgan fingerprint density at radius 2 is 1.92 bits per heavy atom. The highest BCUT2D eigenvalue weighted by Crippen LogP contribution is 2.36. The van der Waals surface area contributed by atoms with E-state index in [4.69, 9.17) is 5.10 Å². The SMILES string of the molecule is CC(C)c1ccccc1-n1nc(-c2cccc(I)c2)c2c1NCCCC2. The van der Waals surface area contributed by atoms with E-state index in [2.05, 4.69) is 95.0 Å². The molecule has 134 valence electrons. The van der Waals surface area contributed by atoms with Crippen molar-refractivity contribution in [3.8, 4) is 16.9 Å². The Balaban J connectivity index is 1.94. The van der Waals surface area contributed by atoms with Crippen molar-refractivity contribution in [3.63, 3.8) is 0 Å². The maximum atomic E-state index is 5.11. The minimum Gasteiger partial charge on any atom is -0.370 e. The summed E-state index contributed by atoms with van der Waals surface area (Å²) in [7, 11) is 0. The van der Waals surface area contributed by atoms with Crippen LogP contribution in [0.1, 0.15) is 43.7 Å². The number of nitrogens with one attached hydrogen (secondary N) is 1. The number of fused-ring (bicyclic) bond motifs is 1. The summed E-state index contributed by atoms with van der Waals surface area (Å²) in [5.41, 5.74) is 6.19. The predicted octanol–water partition coefficient (Wildman–Crippen LogP) is 6.02. The Bertz CT molecular complexity index is 927. The summed E-state index contributed by atoms with van der Waals surface area (Å²) >= 11 is 2.38. The number of aromatic nitrogens is 2. The standard InChI is InChI=1S/C22H24IN3/c1-15(2)18-10-3-4-12-20(18)26-22-19(11-5-6-13-24-22)21(25-26)16-8-7-9-17(23)14-16/h3-4,7-10,12,14-15,24H,5-6,11,13H2,1-2H3. The maximum absolute atomic E-state index is 5.11. The van der Waals surface area contributed by atoms with Crippen molar-refractivity contribution < 1.29 is 0 Å². The molecule has 0 radical (unpaired) electrons. The van der Waals surface area contributed by atoms with Crippen LogP contribution < -0.4 is 5.32 Å². The summed E-state index contributed by atoms with van der Waals surface area (Å²) in [6, 6.07) is 17.3. The van der Waals surface area contributed by atoms with Crippen molar-refractivity contribution in [1.82, 2.24) is 9.78 Å². The normalized spacial score (nSPS) is 14.0. The van der Waals surface area contributed by atoms with E-state index < -0.39 is 0 Å². The average molecular weight is 457 g/mol. The predicted molar refractivity (Wildman–Crippen MR) is 117 cm³/mol. The van der Waals surface area contributed by atoms with E-state index in [1.807, 2.05) is 0 Å². The molecule has 0 saturated carbocycles. The summed E-state index contributed by atoms with van der Waals surface area (Å²) in [4.78, 5) is 0. The molecule has 0 amide bonds. The third kappa shape index (κ3) is 3.27. The third-order valence-corrected chi connectivity index (χ3v) is 5.69. The Labute approximate surface area is 169 Å². The molecule has 0 saturated heterocycles. The summed E-state index contributed by atoms with van der Waals surface area (Å²) < 4.78 is 3.39. The highest BCUT2D eigenvalue weighted by Gasteiger charge is 2.23. The first kappa shape index (κ1) is 17.6. The molecule has 2 heterocycles. The molecule has 1 aliphatic rings. The Morgan fingerprint density at radius 1 is 1.08 bits per heavy atom. The topological polar surface area (TPSA) is 29.9 Å². The fourth-order valence-corrected chi connectivity index (χ4v) is 4.26. The monoisotopic (exact) mass is 457 g/mol. The summed E-state index contributed by atoms with van der Waals surface area (Å²) in [5.74, 6) is 1.63. The van der Waals surface area contributed by atoms with Crippen LogP contribution in [0.25, 0.3) is 16.9 Å². The van der Waals surface area contributed by atoms with Crippen molar-refractivity contribution in [2.45, 2.75) is 39.0 Å². The summed E-state index contributed by atoms with van der Waals surface area (Å²) in [5, 5.41) is 8.77. The van der Waals surface area contributed by atoms with E-state index in [1.54, 1.807) is 0 Å². The molecule has 0 unspecified atom stereocenters. The molecule has 3 nitrogen and oxygen atoms in total. The molecular formula is C22H24IN3. The third-order valence-electron chi connectivity index (χ3n) is 5.01. The molecular weight excluding hydrogens is 433 g/mol. The van der Waals surface area contributed by atoms with Crippen LogP contribution in [0.4, 0.5) is 5.82 Å². The average Bonchev–Trinajstić information content (AvgIpc) is 2.82. The van der Waals surface area contributed by atoms with Gasteiger partial charge in [-0.25, -0.2) is 4.68 Å². The van der Waals surface area contributed by atoms with Gasteiger partial charge in [0, 0.05) is 21.2 Å². The van der Waals surface area contributed by atoms with E-state index in [9.17, 15) is 0 Å². The lowest BCUT2D eigenvalue weighted by atomic mass is 10.0. The van der Waals surface area contributed by atoms with Gasteiger partial charge in [0.05, 0.1) is 11.4 Å². The molecule has 0 bridgehead atoms. The molecule has 3 aromatic rings. The lowest BCUT2D eigenvalue weighted by Crippen LogP contribution is -2.09. The number of hydrogen-bond acceptors (Lipinski definition) is 2. The second-order valence-electron chi connectivity index (χ2n) is 7.20. The van der Waals surface area contributed by atoms with Gasteiger partial charge in [0.25, 0.3) is 0 Å². The van der Waals surface area contributed by atoms with E-state index in [0.717, 1.165) is 18.7 Å². The van der Waals surface area contributed by atoms with Crippen molar-refractivity contribution in [1.29, 1.82) is 0 Å². The first-order valence-corrected chi connectivity index (χ1v) is 10.4. The molecule has 0 fully saturated rings. The van der Waals surface area contributed by atoms with Crippen LogP contribution in [0.3, 0.4) is 0 Å². The van der Waals surface area contributed by atoms with Crippen molar-refractivity contribution >= 4 is 28.4 Å². The first-order valence-electron chi connectivity index (χ1n) is 9.36. The van der Waals surface area contributed by atoms with Crippen LogP contribution in [-0.4, -0.2) is 16.3 Å². The largest absolute Gasteiger partial charge is 0.370 e. The van der Waals surface area contributed by atoms with Gasteiger partial charge >= 0.3 is 0 Å². The summed E-state index contributed by atoms with van der Waals surface area (Å²) in [6.45, 7) is 5.50. The number of halogens is 1. The molecule has 4 heteroatoms. The zero-order valence-corrected chi connectivity index (χ0v) is 17.5. The van der Waals surface area contributed by atoms with Gasteiger partial charge < -0.3 is 5.32 Å². The van der Waals surface area contributed by atoms with Crippen molar-refractivity contribution in [2.75, 3.05) is 11.9 Å². The van der Waals surface area contributed by atoms with E-state index in [1.165, 1.54) is 44.6 Å². The maximum Gasteiger partial charge on any atom is 0.133 e. The van der Waals surface area contributed by atoms with Crippen molar-refractivity contribution in [3.05, 3.63) is 63.2 Å². The Morgan fingerprint density at radius 3 is 2.73 bits per heavy atom. The van der Waals surface area contributed by atoms with Gasteiger partial charge in [0.1, 0.15) is 5.82 Å². The molecule has 0 atom stereocenters. The zero-order valence-electron chi connectivity index (χ0n) is 15.3. The van der Waals surface area contributed by atoms with Gasteiger partial charge in [-0.1, -0.05) is 44.2 Å². The van der Waals surface area contributed by atoms with Gasteiger partial charge in [0.2, 0.25) is 0 Å². The second kappa shape index (κ2) is 7.43. The van der Waals surface area contributed by atoms with Crippen LogP contribution in [0.15, 0.2) is 48.5 Å².